The first-order valence-electron chi connectivity index (χ1n) is 6.69. The molecule has 1 aromatic heterocycles. The molecule has 3 nitrogen and oxygen atoms in total. The average Bonchev–Trinajstić information content (AvgIpc) is 2.88. The second-order valence-electron chi connectivity index (χ2n) is 4.63. The van der Waals surface area contributed by atoms with Gasteiger partial charge in [-0.25, -0.2) is 0 Å². The number of rotatable bonds is 6. The van der Waals surface area contributed by atoms with Gasteiger partial charge in [-0.3, -0.25) is 0 Å². The summed E-state index contributed by atoms with van der Waals surface area (Å²) in [6.07, 6.45) is 1.13. The number of methoxy groups -OCH3 is 1. The standard InChI is InChI=1S/C16H21NO2/c1-4-9-17-11-14-6-8-16(19-14)13-5-7-15(18-3)12(2)10-13/h5-8,10,17H,4,9,11H2,1-3H3. The van der Waals surface area contributed by atoms with Gasteiger partial charge in [0.1, 0.15) is 17.3 Å². The summed E-state index contributed by atoms with van der Waals surface area (Å²) in [6.45, 7) is 5.98. The Morgan fingerprint density at radius 1 is 1.21 bits per heavy atom. The van der Waals surface area contributed by atoms with Gasteiger partial charge in [0.25, 0.3) is 0 Å². The number of hydrogen-bond donors (Lipinski definition) is 1. The second-order valence-corrected chi connectivity index (χ2v) is 4.63. The van der Waals surface area contributed by atoms with E-state index in [1.807, 2.05) is 31.2 Å². The maximum absolute atomic E-state index is 5.84. The van der Waals surface area contributed by atoms with Gasteiger partial charge < -0.3 is 14.5 Å². The predicted octanol–water partition coefficient (Wildman–Crippen LogP) is 3.76. The van der Waals surface area contributed by atoms with E-state index in [1.54, 1.807) is 7.11 Å². The fourth-order valence-electron chi connectivity index (χ4n) is 2.05. The average molecular weight is 259 g/mol. The number of aryl methyl sites for hydroxylation is 1. The lowest BCUT2D eigenvalue weighted by Gasteiger charge is -2.05. The fourth-order valence-corrected chi connectivity index (χ4v) is 2.05. The highest BCUT2D eigenvalue weighted by Gasteiger charge is 2.06. The van der Waals surface area contributed by atoms with Crippen LogP contribution in [0.4, 0.5) is 0 Å². The molecule has 0 saturated carbocycles. The zero-order valence-electron chi connectivity index (χ0n) is 11.8. The molecule has 1 aromatic carbocycles. The van der Waals surface area contributed by atoms with Crippen LogP contribution in [0.1, 0.15) is 24.7 Å². The van der Waals surface area contributed by atoms with E-state index >= 15 is 0 Å². The van der Waals surface area contributed by atoms with E-state index in [4.69, 9.17) is 9.15 Å². The van der Waals surface area contributed by atoms with Crippen LogP contribution >= 0.6 is 0 Å². The Morgan fingerprint density at radius 3 is 2.74 bits per heavy atom. The van der Waals surface area contributed by atoms with Crippen molar-refractivity contribution in [3.63, 3.8) is 0 Å². The number of hydrogen-bond acceptors (Lipinski definition) is 3. The Bertz CT molecular complexity index is 531. The maximum atomic E-state index is 5.84. The molecule has 1 heterocycles. The molecule has 0 saturated heterocycles. The minimum absolute atomic E-state index is 0.781. The monoisotopic (exact) mass is 259 g/mol. The molecule has 0 aliphatic heterocycles. The van der Waals surface area contributed by atoms with E-state index in [-0.39, 0.29) is 0 Å². The lowest BCUT2D eigenvalue weighted by atomic mass is 10.1. The molecule has 0 atom stereocenters. The first-order valence-corrected chi connectivity index (χ1v) is 6.69. The zero-order chi connectivity index (χ0) is 13.7. The lowest BCUT2D eigenvalue weighted by molar-refractivity contribution is 0.411. The molecular formula is C16H21NO2. The van der Waals surface area contributed by atoms with Crippen molar-refractivity contribution in [2.75, 3.05) is 13.7 Å². The molecule has 0 unspecified atom stereocenters. The Morgan fingerprint density at radius 2 is 2.05 bits per heavy atom. The molecule has 0 radical (unpaired) electrons. The molecule has 3 heteroatoms. The number of benzene rings is 1. The maximum Gasteiger partial charge on any atom is 0.134 e. The summed E-state index contributed by atoms with van der Waals surface area (Å²) in [4.78, 5) is 0. The van der Waals surface area contributed by atoms with Crippen molar-refractivity contribution in [3.05, 3.63) is 41.7 Å². The summed E-state index contributed by atoms with van der Waals surface area (Å²) in [5.41, 5.74) is 2.20. The molecule has 19 heavy (non-hydrogen) atoms. The normalized spacial score (nSPS) is 10.7. The molecule has 102 valence electrons. The van der Waals surface area contributed by atoms with Crippen LogP contribution in [0.15, 0.2) is 34.7 Å². The Hall–Kier alpha value is -1.74. The van der Waals surface area contributed by atoms with Gasteiger partial charge in [-0.15, -0.1) is 0 Å². The van der Waals surface area contributed by atoms with Gasteiger partial charge in [0.15, 0.2) is 0 Å². The Balaban J connectivity index is 2.11. The van der Waals surface area contributed by atoms with Crippen molar-refractivity contribution in [2.45, 2.75) is 26.8 Å². The molecule has 0 fully saturated rings. The zero-order valence-corrected chi connectivity index (χ0v) is 11.8. The third kappa shape index (κ3) is 3.38. The summed E-state index contributed by atoms with van der Waals surface area (Å²) >= 11 is 0. The highest BCUT2D eigenvalue weighted by Crippen LogP contribution is 2.27. The van der Waals surface area contributed by atoms with Gasteiger partial charge in [-0.2, -0.15) is 0 Å². The molecule has 1 N–H and O–H groups in total. The summed E-state index contributed by atoms with van der Waals surface area (Å²) in [7, 11) is 1.69. The molecule has 2 aromatic rings. The first-order chi connectivity index (χ1) is 9.24. The minimum atomic E-state index is 0.781. The molecule has 0 amide bonds. The van der Waals surface area contributed by atoms with Crippen LogP contribution in [-0.2, 0) is 6.54 Å². The van der Waals surface area contributed by atoms with E-state index < -0.39 is 0 Å². The Kier molecular flexibility index (Phi) is 4.63. The fraction of sp³-hybridized carbons (Fsp3) is 0.375. The molecule has 0 aliphatic carbocycles. The quantitative estimate of drug-likeness (QED) is 0.802. The van der Waals surface area contributed by atoms with Crippen molar-refractivity contribution in [1.82, 2.24) is 5.32 Å². The molecular weight excluding hydrogens is 238 g/mol. The minimum Gasteiger partial charge on any atom is -0.496 e. The largest absolute Gasteiger partial charge is 0.496 e. The number of ether oxygens (including phenoxy) is 1. The van der Waals surface area contributed by atoms with Crippen molar-refractivity contribution >= 4 is 0 Å². The van der Waals surface area contributed by atoms with Crippen LogP contribution < -0.4 is 10.1 Å². The molecule has 0 spiro atoms. The van der Waals surface area contributed by atoms with Crippen molar-refractivity contribution < 1.29 is 9.15 Å². The van der Waals surface area contributed by atoms with Crippen LogP contribution in [0.3, 0.4) is 0 Å². The smallest absolute Gasteiger partial charge is 0.134 e. The topological polar surface area (TPSA) is 34.4 Å². The van der Waals surface area contributed by atoms with E-state index in [2.05, 4.69) is 18.3 Å². The first kappa shape index (κ1) is 13.7. The van der Waals surface area contributed by atoms with Crippen LogP contribution in [0.25, 0.3) is 11.3 Å². The van der Waals surface area contributed by atoms with Crippen LogP contribution in [0.2, 0.25) is 0 Å². The lowest BCUT2D eigenvalue weighted by Crippen LogP contribution is -2.12. The van der Waals surface area contributed by atoms with E-state index in [0.29, 0.717) is 0 Å². The second kappa shape index (κ2) is 6.43. The van der Waals surface area contributed by atoms with Crippen LogP contribution in [0.5, 0.6) is 5.75 Å². The molecule has 0 aliphatic rings. The van der Waals surface area contributed by atoms with E-state index in [0.717, 1.165) is 47.9 Å². The van der Waals surface area contributed by atoms with Gasteiger partial charge >= 0.3 is 0 Å². The van der Waals surface area contributed by atoms with Gasteiger partial charge in [0.2, 0.25) is 0 Å². The third-order valence-electron chi connectivity index (χ3n) is 3.07. The summed E-state index contributed by atoms with van der Waals surface area (Å²) in [6, 6.07) is 10.1. The van der Waals surface area contributed by atoms with Crippen molar-refractivity contribution in [2.24, 2.45) is 0 Å². The predicted molar refractivity (Wildman–Crippen MR) is 77.4 cm³/mol. The van der Waals surface area contributed by atoms with E-state index in [9.17, 15) is 0 Å². The van der Waals surface area contributed by atoms with Gasteiger partial charge in [-0.1, -0.05) is 6.92 Å². The van der Waals surface area contributed by atoms with Gasteiger partial charge in [0.05, 0.1) is 13.7 Å². The third-order valence-corrected chi connectivity index (χ3v) is 3.07. The highest BCUT2D eigenvalue weighted by atomic mass is 16.5. The number of nitrogens with one attached hydrogen (secondary N) is 1. The molecule has 0 bridgehead atoms. The summed E-state index contributed by atoms with van der Waals surface area (Å²) < 4.78 is 11.1. The summed E-state index contributed by atoms with van der Waals surface area (Å²) in [5.74, 6) is 2.77. The van der Waals surface area contributed by atoms with E-state index in [1.165, 1.54) is 0 Å². The highest BCUT2D eigenvalue weighted by molar-refractivity contribution is 5.60. The van der Waals surface area contributed by atoms with Crippen LogP contribution in [0, 0.1) is 6.92 Å². The summed E-state index contributed by atoms with van der Waals surface area (Å²) in [5, 5.41) is 3.33. The molecule has 2 rings (SSSR count). The SMILES string of the molecule is CCCNCc1ccc(-c2ccc(OC)c(C)c2)o1. The van der Waals surface area contributed by atoms with Crippen molar-refractivity contribution in [3.8, 4) is 17.1 Å². The van der Waals surface area contributed by atoms with Crippen molar-refractivity contribution in [1.29, 1.82) is 0 Å². The van der Waals surface area contributed by atoms with Gasteiger partial charge in [-0.05, 0) is 55.8 Å². The number of furan rings is 1. The van der Waals surface area contributed by atoms with Crippen LogP contribution in [-0.4, -0.2) is 13.7 Å². The van der Waals surface area contributed by atoms with Gasteiger partial charge in [0, 0.05) is 5.56 Å². The Labute approximate surface area is 114 Å².